The van der Waals surface area contributed by atoms with Gasteiger partial charge in [-0.15, -0.1) is 0 Å². The van der Waals surface area contributed by atoms with Crippen molar-refractivity contribution in [3.63, 3.8) is 0 Å². The van der Waals surface area contributed by atoms with Gasteiger partial charge >= 0.3 is 0 Å². The zero-order chi connectivity index (χ0) is 24.7. The Bertz CT molecular complexity index is 1460. The molecule has 2 amide bonds. The lowest BCUT2D eigenvalue weighted by Gasteiger charge is -2.31. The molecular formula is C29H29FN4O2. The number of carbonyl (C=O) groups excluding carboxylic acids is 2. The zero-order valence-corrected chi connectivity index (χ0v) is 20.1. The number of hydrogen-bond acceptors (Lipinski definition) is 3. The average Bonchev–Trinajstić information content (AvgIpc) is 3.61. The van der Waals surface area contributed by atoms with Gasteiger partial charge in [-0.05, 0) is 66.6 Å². The predicted molar refractivity (Wildman–Crippen MR) is 137 cm³/mol. The number of hydrogen-bond donors (Lipinski definition) is 2. The van der Waals surface area contributed by atoms with Crippen LogP contribution in [0, 0.1) is 5.82 Å². The fourth-order valence-corrected chi connectivity index (χ4v) is 5.99. The van der Waals surface area contributed by atoms with E-state index in [1.54, 1.807) is 6.07 Å². The molecule has 0 spiro atoms. The van der Waals surface area contributed by atoms with Crippen molar-refractivity contribution in [2.45, 2.75) is 56.5 Å². The lowest BCUT2D eigenvalue weighted by molar-refractivity contribution is -0.133. The maximum Gasteiger partial charge on any atom is 0.223 e. The van der Waals surface area contributed by atoms with Crippen LogP contribution in [0.2, 0.25) is 0 Å². The molecule has 0 bridgehead atoms. The van der Waals surface area contributed by atoms with Gasteiger partial charge in [-0.2, -0.15) is 0 Å². The molecule has 3 aromatic carbocycles. The highest BCUT2D eigenvalue weighted by molar-refractivity contribution is 5.86. The minimum Gasteiger partial charge on any atom is -0.350 e. The van der Waals surface area contributed by atoms with E-state index in [0.29, 0.717) is 49.1 Å². The van der Waals surface area contributed by atoms with E-state index in [2.05, 4.69) is 45.6 Å². The highest BCUT2D eigenvalue weighted by Crippen LogP contribution is 2.35. The second-order valence-corrected chi connectivity index (χ2v) is 10.2. The number of aromatic nitrogens is 2. The van der Waals surface area contributed by atoms with Crippen LogP contribution in [0.5, 0.6) is 0 Å². The minimum atomic E-state index is -0.428. The first-order chi connectivity index (χ1) is 17.5. The Morgan fingerprint density at radius 2 is 2.00 bits per heavy atom. The fourth-order valence-electron chi connectivity index (χ4n) is 5.99. The standard InChI is InChI=1S/C29H29FN4O2/c30-21-10-11-23-24(17-21)32-28(31-23)25-9-4-16-34(25)27(36)13-15-29(14-12-26(35)33-29)18-20-7-3-6-19-5-1-2-8-22(19)20/h1-3,5-8,10-11,17,25H,4,9,12-16,18H2,(H,31,32)(H,33,35)/t25-,29-/m1/s1. The molecule has 2 fully saturated rings. The second kappa shape index (κ2) is 9.04. The number of likely N-dealkylation sites (tertiary alicyclic amines) is 1. The number of H-pyrrole nitrogens is 1. The number of carbonyl (C=O) groups is 2. The number of imidazole rings is 1. The van der Waals surface area contributed by atoms with Crippen molar-refractivity contribution >= 4 is 33.6 Å². The first kappa shape index (κ1) is 22.7. The largest absolute Gasteiger partial charge is 0.350 e. The van der Waals surface area contributed by atoms with Gasteiger partial charge in [0.05, 0.1) is 17.1 Å². The summed E-state index contributed by atoms with van der Waals surface area (Å²) in [6, 6.07) is 18.9. The Hall–Kier alpha value is -3.74. The van der Waals surface area contributed by atoms with E-state index in [1.807, 2.05) is 17.0 Å². The van der Waals surface area contributed by atoms with Gasteiger partial charge in [0.2, 0.25) is 11.8 Å². The SMILES string of the molecule is O=C1CC[C@@](CCC(=O)N2CCC[C@@H]2c2nc3ccc(F)cc3[nH]2)(Cc2cccc3ccccc23)N1. The summed E-state index contributed by atoms with van der Waals surface area (Å²) in [7, 11) is 0. The summed E-state index contributed by atoms with van der Waals surface area (Å²) >= 11 is 0. The summed E-state index contributed by atoms with van der Waals surface area (Å²) in [5.41, 5.74) is 2.11. The first-order valence-electron chi connectivity index (χ1n) is 12.7. The van der Waals surface area contributed by atoms with Gasteiger partial charge in [0.15, 0.2) is 0 Å². The lowest BCUT2D eigenvalue weighted by atomic mass is 9.83. The van der Waals surface area contributed by atoms with Crippen molar-refractivity contribution in [3.8, 4) is 0 Å². The number of halogens is 1. The highest BCUT2D eigenvalue weighted by atomic mass is 19.1. The van der Waals surface area contributed by atoms with Gasteiger partial charge in [0.1, 0.15) is 11.6 Å². The summed E-state index contributed by atoms with van der Waals surface area (Å²) in [5.74, 6) is 0.520. The maximum atomic E-state index is 13.6. The summed E-state index contributed by atoms with van der Waals surface area (Å²) in [6.07, 6.45) is 4.59. The number of aromatic amines is 1. The zero-order valence-electron chi connectivity index (χ0n) is 20.1. The molecule has 4 aromatic rings. The van der Waals surface area contributed by atoms with Crippen LogP contribution in [-0.2, 0) is 16.0 Å². The summed E-state index contributed by atoms with van der Waals surface area (Å²) in [6.45, 7) is 0.678. The van der Waals surface area contributed by atoms with Crippen LogP contribution in [0.15, 0.2) is 60.7 Å². The molecule has 2 aliphatic heterocycles. The van der Waals surface area contributed by atoms with Crippen LogP contribution in [0.3, 0.4) is 0 Å². The molecule has 0 aliphatic carbocycles. The molecule has 2 aliphatic rings. The fraction of sp³-hybridized carbons (Fsp3) is 0.345. The molecule has 6 rings (SSSR count). The Morgan fingerprint density at radius 1 is 1.14 bits per heavy atom. The maximum absolute atomic E-state index is 13.6. The van der Waals surface area contributed by atoms with Crippen molar-refractivity contribution in [1.82, 2.24) is 20.2 Å². The monoisotopic (exact) mass is 484 g/mol. The third-order valence-corrected chi connectivity index (χ3v) is 7.81. The average molecular weight is 485 g/mol. The van der Waals surface area contributed by atoms with Crippen LogP contribution < -0.4 is 5.32 Å². The summed E-state index contributed by atoms with van der Waals surface area (Å²) in [4.78, 5) is 35.5. The lowest BCUT2D eigenvalue weighted by Crippen LogP contribution is -2.45. The van der Waals surface area contributed by atoms with Gasteiger partial charge in [-0.1, -0.05) is 42.5 Å². The Labute approximate surface area is 208 Å². The van der Waals surface area contributed by atoms with Crippen molar-refractivity contribution in [2.75, 3.05) is 6.54 Å². The van der Waals surface area contributed by atoms with Gasteiger partial charge < -0.3 is 15.2 Å². The van der Waals surface area contributed by atoms with Crippen LogP contribution >= 0.6 is 0 Å². The topological polar surface area (TPSA) is 78.1 Å². The molecule has 6 nitrogen and oxygen atoms in total. The number of benzene rings is 3. The molecule has 7 heteroatoms. The van der Waals surface area contributed by atoms with E-state index in [0.717, 1.165) is 19.3 Å². The third-order valence-electron chi connectivity index (χ3n) is 7.81. The molecule has 3 heterocycles. The number of amides is 2. The van der Waals surface area contributed by atoms with E-state index < -0.39 is 5.54 Å². The smallest absolute Gasteiger partial charge is 0.223 e. The van der Waals surface area contributed by atoms with E-state index in [-0.39, 0.29) is 23.7 Å². The summed E-state index contributed by atoms with van der Waals surface area (Å²) < 4.78 is 13.6. The van der Waals surface area contributed by atoms with E-state index >= 15 is 0 Å². The van der Waals surface area contributed by atoms with Crippen molar-refractivity contribution in [3.05, 3.63) is 77.9 Å². The van der Waals surface area contributed by atoms with Gasteiger partial charge in [-0.3, -0.25) is 9.59 Å². The van der Waals surface area contributed by atoms with E-state index in [4.69, 9.17) is 0 Å². The molecule has 36 heavy (non-hydrogen) atoms. The Balaban J connectivity index is 1.20. The van der Waals surface area contributed by atoms with E-state index in [1.165, 1.54) is 28.5 Å². The van der Waals surface area contributed by atoms with Crippen LogP contribution in [0.25, 0.3) is 21.8 Å². The number of nitrogens with zero attached hydrogens (tertiary/aromatic N) is 2. The van der Waals surface area contributed by atoms with Gasteiger partial charge in [-0.25, -0.2) is 9.37 Å². The molecule has 2 atom stereocenters. The Kier molecular flexibility index (Phi) is 5.70. The van der Waals surface area contributed by atoms with Gasteiger partial charge in [0, 0.05) is 24.9 Å². The quantitative estimate of drug-likeness (QED) is 0.395. The van der Waals surface area contributed by atoms with Crippen LogP contribution in [0.1, 0.15) is 56.0 Å². The van der Waals surface area contributed by atoms with Crippen molar-refractivity contribution in [1.29, 1.82) is 0 Å². The normalized spacial score (nSPS) is 22.0. The molecule has 0 radical (unpaired) electrons. The van der Waals surface area contributed by atoms with Gasteiger partial charge in [0.25, 0.3) is 0 Å². The molecule has 2 saturated heterocycles. The summed E-state index contributed by atoms with van der Waals surface area (Å²) in [5, 5.41) is 5.59. The van der Waals surface area contributed by atoms with Crippen LogP contribution in [0.4, 0.5) is 4.39 Å². The molecular weight excluding hydrogens is 455 g/mol. The van der Waals surface area contributed by atoms with Crippen molar-refractivity contribution in [2.24, 2.45) is 0 Å². The molecule has 2 N–H and O–H groups in total. The number of rotatable bonds is 6. The van der Waals surface area contributed by atoms with Crippen LogP contribution in [-0.4, -0.2) is 38.8 Å². The highest BCUT2D eigenvalue weighted by Gasteiger charge is 2.40. The first-order valence-corrected chi connectivity index (χ1v) is 12.7. The molecule has 184 valence electrons. The minimum absolute atomic E-state index is 0.0521. The third kappa shape index (κ3) is 4.23. The molecule has 0 unspecified atom stereocenters. The molecule has 0 saturated carbocycles. The Morgan fingerprint density at radius 3 is 2.86 bits per heavy atom. The molecule has 1 aromatic heterocycles. The predicted octanol–water partition coefficient (Wildman–Crippen LogP) is 5.19. The van der Waals surface area contributed by atoms with E-state index in [9.17, 15) is 14.0 Å². The second-order valence-electron chi connectivity index (χ2n) is 10.2. The number of nitrogens with one attached hydrogen (secondary N) is 2. The van der Waals surface area contributed by atoms with Crippen molar-refractivity contribution < 1.29 is 14.0 Å². The number of fused-ring (bicyclic) bond motifs is 2.